The van der Waals surface area contributed by atoms with Gasteiger partial charge in [-0.25, -0.2) is 0 Å². The summed E-state index contributed by atoms with van der Waals surface area (Å²) < 4.78 is 0.468. The number of benzene rings is 1. The van der Waals surface area contributed by atoms with Crippen molar-refractivity contribution in [1.29, 1.82) is 0 Å². The van der Waals surface area contributed by atoms with Crippen LogP contribution in [0.15, 0.2) is 42.6 Å². The van der Waals surface area contributed by atoms with Gasteiger partial charge in [0.25, 0.3) is 5.91 Å². The molecule has 0 saturated carbocycles. The highest BCUT2D eigenvalue weighted by Gasteiger charge is 2.17. The Hall–Kier alpha value is -1.98. The molecule has 1 amide bonds. The van der Waals surface area contributed by atoms with Crippen LogP contribution in [0.25, 0.3) is 0 Å². The van der Waals surface area contributed by atoms with E-state index in [1.165, 1.54) is 24.0 Å². The number of rotatable bonds is 5. The predicted octanol–water partition coefficient (Wildman–Crippen LogP) is 3.91. The number of nitrogens with zero attached hydrogens (tertiary/aromatic N) is 1. The summed E-state index contributed by atoms with van der Waals surface area (Å²) in [5.41, 5.74) is 2.97. The van der Waals surface area contributed by atoms with E-state index in [-0.39, 0.29) is 5.91 Å². The van der Waals surface area contributed by atoms with E-state index in [1.54, 1.807) is 18.3 Å². The Morgan fingerprint density at radius 2 is 1.92 bits per heavy atom. The normalized spacial score (nSPS) is 15.9. The fourth-order valence-electron chi connectivity index (χ4n) is 3.22. The van der Waals surface area contributed by atoms with Gasteiger partial charge in [-0.1, -0.05) is 43.4 Å². The van der Waals surface area contributed by atoms with E-state index in [2.05, 4.69) is 40.3 Å². The number of likely N-dealkylation sites (tertiary alicyclic amines) is 1. The molecule has 4 nitrogen and oxygen atoms in total. The molecule has 0 spiro atoms. The molecular formula is C20H25N3OS. The molecule has 0 bridgehead atoms. The highest BCUT2D eigenvalue weighted by Crippen LogP contribution is 2.19. The number of aromatic nitrogens is 1. The molecule has 1 aromatic carbocycles. The van der Waals surface area contributed by atoms with Crippen LogP contribution >= 0.6 is 12.2 Å². The summed E-state index contributed by atoms with van der Waals surface area (Å²) in [5.74, 6) is 0.699. The Kier molecular flexibility index (Phi) is 6.00. The first-order valence-corrected chi connectivity index (χ1v) is 9.29. The van der Waals surface area contributed by atoms with Gasteiger partial charge in [0, 0.05) is 19.3 Å². The average Bonchev–Trinajstić information content (AvgIpc) is 2.63. The number of piperidine rings is 1. The lowest BCUT2D eigenvalue weighted by molar-refractivity contribution is 0.0950. The second-order valence-electron chi connectivity index (χ2n) is 6.82. The highest BCUT2D eigenvalue weighted by molar-refractivity contribution is 7.71. The summed E-state index contributed by atoms with van der Waals surface area (Å²) >= 11 is 5.18. The van der Waals surface area contributed by atoms with Crippen molar-refractivity contribution in [2.75, 3.05) is 13.1 Å². The van der Waals surface area contributed by atoms with Crippen LogP contribution in [0.5, 0.6) is 0 Å². The Balaban J connectivity index is 1.64. The van der Waals surface area contributed by atoms with Gasteiger partial charge in [0.1, 0.15) is 4.64 Å². The summed E-state index contributed by atoms with van der Waals surface area (Å²) in [5, 5.41) is 3.00. The van der Waals surface area contributed by atoms with Crippen LogP contribution in [-0.4, -0.2) is 28.9 Å². The summed E-state index contributed by atoms with van der Waals surface area (Å²) in [6, 6.07) is 11.9. The largest absolute Gasteiger partial charge is 0.352 e. The van der Waals surface area contributed by atoms with Crippen LogP contribution < -0.4 is 5.32 Å². The quantitative estimate of drug-likeness (QED) is 0.800. The number of carbonyl (C=O) groups is 1. The Morgan fingerprint density at radius 3 is 2.64 bits per heavy atom. The van der Waals surface area contributed by atoms with E-state index in [0.29, 0.717) is 16.7 Å². The zero-order valence-electron chi connectivity index (χ0n) is 14.6. The van der Waals surface area contributed by atoms with Crippen molar-refractivity contribution in [3.63, 3.8) is 0 Å². The van der Waals surface area contributed by atoms with Gasteiger partial charge in [0.15, 0.2) is 0 Å². The Labute approximate surface area is 154 Å². The first-order chi connectivity index (χ1) is 12.1. The standard InChI is InChI=1S/C20H25N3OS/c1-15-8-11-23(12-9-15)14-17-6-3-2-5-16(17)13-22-19(24)18-7-4-10-21-20(18)25/h2-7,10,15H,8-9,11-14H2,1H3,(H,21,25)(H,22,24). The predicted molar refractivity (Wildman–Crippen MR) is 103 cm³/mol. The van der Waals surface area contributed by atoms with Crippen molar-refractivity contribution < 1.29 is 4.79 Å². The van der Waals surface area contributed by atoms with Gasteiger partial charge in [-0.2, -0.15) is 0 Å². The summed E-state index contributed by atoms with van der Waals surface area (Å²) in [4.78, 5) is 17.8. The molecule has 0 aliphatic carbocycles. The van der Waals surface area contributed by atoms with Gasteiger partial charge in [-0.05, 0) is 55.1 Å². The van der Waals surface area contributed by atoms with Gasteiger partial charge >= 0.3 is 0 Å². The second-order valence-corrected chi connectivity index (χ2v) is 7.23. The van der Waals surface area contributed by atoms with Crippen molar-refractivity contribution in [2.45, 2.75) is 32.9 Å². The van der Waals surface area contributed by atoms with E-state index < -0.39 is 0 Å². The molecule has 132 valence electrons. The number of pyridine rings is 1. The molecule has 2 aromatic rings. The molecule has 25 heavy (non-hydrogen) atoms. The van der Waals surface area contributed by atoms with Crippen LogP contribution in [0.2, 0.25) is 0 Å². The number of hydrogen-bond donors (Lipinski definition) is 2. The number of amides is 1. The van der Waals surface area contributed by atoms with Crippen molar-refractivity contribution in [3.8, 4) is 0 Å². The van der Waals surface area contributed by atoms with E-state index in [9.17, 15) is 4.79 Å². The number of hydrogen-bond acceptors (Lipinski definition) is 3. The molecule has 5 heteroatoms. The molecule has 2 heterocycles. The lowest BCUT2D eigenvalue weighted by Crippen LogP contribution is -2.33. The van der Waals surface area contributed by atoms with Crippen LogP contribution in [0, 0.1) is 10.6 Å². The highest BCUT2D eigenvalue weighted by atomic mass is 32.1. The molecule has 1 aliphatic heterocycles. The fraction of sp³-hybridized carbons (Fsp3) is 0.400. The van der Waals surface area contributed by atoms with Crippen molar-refractivity contribution in [3.05, 3.63) is 63.9 Å². The van der Waals surface area contributed by atoms with Crippen molar-refractivity contribution in [2.24, 2.45) is 5.92 Å². The lowest BCUT2D eigenvalue weighted by Gasteiger charge is -2.30. The van der Waals surface area contributed by atoms with Crippen LogP contribution in [0.3, 0.4) is 0 Å². The van der Waals surface area contributed by atoms with Crippen LogP contribution in [-0.2, 0) is 13.1 Å². The number of carbonyl (C=O) groups excluding carboxylic acids is 1. The van der Waals surface area contributed by atoms with Gasteiger partial charge in [0.05, 0.1) is 5.56 Å². The second kappa shape index (κ2) is 8.41. The number of H-pyrrole nitrogens is 1. The first kappa shape index (κ1) is 17.8. The van der Waals surface area contributed by atoms with Crippen molar-refractivity contribution in [1.82, 2.24) is 15.2 Å². The van der Waals surface area contributed by atoms with E-state index in [4.69, 9.17) is 12.2 Å². The monoisotopic (exact) mass is 355 g/mol. The number of nitrogens with one attached hydrogen (secondary N) is 2. The maximum Gasteiger partial charge on any atom is 0.254 e. The van der Waals surface area contributed by atoms with Gasteiger partial charge in [-0.3, -0.25) is 9.69 Å². The molecule has 0 unspecified atom stereocenters. The molecule has 1 fully saturated rings. The third-order valence-corrected chi connectivity index (χ3v) is 5.23. The Bertz CT molecular complexity index is 778. The SMILES string of the molecule is CC1CCN(Cc2ccccc2CNC(=O)c2ccc[nH]c2=S)CC1. The average molecular weight is 356 g/mol. The third-order valence-electron chi connectivity index (χ3n) is 4.89. The maximum atomic E-state index is 12.4. The molecule has 2 N–H and O–H groups in total. The van der Waals surface area contributed by atoms with Gasteiger partial charge in [0.2, 0.25) is 0 Å². The molecular weight excluding hydrogens is 330 g/mol. The zero-order chi connectivity index (χ0) is 17.6. The van der Waals surface area contributed by atoms with Gasteiger partial charge in [-0.15, -0.1) is 0 Å². The van der Waals surface area contributed by atoms with Crippen LogP contribution in [0.1, 0.15) is 41.3 Å². The van der Waals surface area contributed by atoms with E-state index in [0.717, 1.165) is 25.6 Å². The molecule has 1 saturated heterocycles. The fourth-order valence-corrected chi connectivity index (χ4v) is 3.45. The minimum Gasteiger partial charge on any atom is -0.352 e. The summed E-state index contributed by atoms with van der Waals surface area (Å²) in [7, 11) is 0. The molecule has 0 atom stereocenters. The molecule has 1 aliphatic rings. The zero-order valence-corrected chi connectivity index (χ0v) is 15.4. The minimum atomic E-state index is -0.136. The number of aromatic amines is 1. The maximum absolute atomic E-state index is 12.4. The van der Waals surface area contributed by atoms with Gasteiger partial charge < -0.3 is 10.3 Å². The van der Waals surface area contributed by atoms with E-state index >= 15 is 0 Å². The van der Waals surface area contributed by atoms with Crippen LogP contribution in [0.4, 0.5) is 0 Å². The molecule has 1 aromatic heterocycles. The molecule has 0 radical (unpaired) electrons. The Morgan fingerprint density at radius 1 is 1.20 bits per heavy atom. The summed E-state index contributed by atoms with van der Waals surface area (Å²) in [6.45, 7) is 6.10. The lowest BCUT2D eigenvalue weighted by atomic mass is 9.98. The third kappa shape index (κ3) is 4.77. The first-order valence-electron chi connectivity index (χ1n) is 8.88. The topological polar surface area (TPSA) is 48.1 Å². The summed E-state index contributed by atoms with van der Waals surface area (Å²) in [6.07, 6.45) is 4.27. The van der Waals surface area contributed by atoms with E-state index in [1.807, 2.05) is 6.07 Å². The molecule has 3 rings (SSSR count). The van der Waals surface area contributed by atoms with Crippen molar-refractivity contribution >= 4 is 18.1 Å². The smallest absolute Gasteiger partial charge is 0.254 e. The minimum absolute atomic E-state index is 0.136.